The monoisotopic (exact) mass is 331 g/mol. The van der Waals surface area contributed by atoms with Gasteiger partial charge >= 0.3 is 0 Å². The van der Waals surface area contributed by atoms with Crippen molar-refractivity contribution in [1.29, 1.82) is 0 Å². The first-order valence-electron chi connectivity index (χ1n) is 6.88. The number of hydrogen-bond donors (Lipinski definition) is 1. The highest BCUT2D eigenvalue weighted by Crippen LogP contribution is 2.29. The Morgan fingerprint density at radius 3 is 2.85 bits per heavy atom. The van der Waals surface area contributed by atoms with Crippen LogP contribution >= 0.6 is 15.9 Å². The zero-order chi connectivity index (χ0) is 14.1. The summed E-state index contributed by atoms with van der Waals surface area (Å²) in [5.41, 5.74) is 4.99. The molecule has 1 N–H and O–H groups in total. The highest BCUT2D eigenvalue weighted by molar-refractivity contribution is 9.10. The standard InChI is InChI=1S/C17H18BrNO/c1-11-3-6-17-13(7-11)8-15(20-17)10-19-14-5-4-12(2)16(18)9-14/h3-7,9,15,19H,8,10H2,1-2H3. The summed E-state index contributed by atoms with van der Waals surface area (Å²) < 4.78 is 7.10. The summed E-state index contributed by atoms with van der Waals surface area (Å²) >= 11 is 3.56. The molecule has 3 rings (SSSR count). The van der Waals surface area contributed by atoms with Crippen LogP contribution in [0.2, 0.25) is 0 Å². The minimum absolute atomic E-state index is 0.215. The van der Waals surface area contributed by atoms with E-state index in [1.807, 2.05) is 0 Å². The zero-order valence-corrected chi connectivity index (χ0v) is 13.3. The van der Waals surface area contributed by atoms with Gasteiger partial charge in [0.2, 0.25) is 0 Å². The Kier molecular flexibility index (Phi) is 3.70. The van der Waals surface area contributed by atoms with E-state index in [1.165, 1.54) is 16.7 Å². The molecule has 1 aliphatic heterocycles. The smallest absolute Gasteiger partial charge is 0.123 e. The molecule has 104 valence electrons. The van der Waals surface area contributed by atoms with E-state index in [-0.39, 0.29) is 6.10 Å². The predicted octanol–water partition coefficient (Wildman–Crippen LogP) is 4.48. The number of aryl methyl sites for hydroxylation is 2. The maximum Gasteiger partial charge on any atom is 0.123 e. The molecule has 1 heterocycles. The number of halogens is 1. The molecule has 2 aromatic rings. The van der Waals surface area contributed by atoms with E-state index in [0.717, 1.165) is 28.9 Å². The predicted molar refractivity (Wildman–Crippen MR) is 86.7 cm³/mol. The summed E-state index contributed by atoms with van der Waals surface area (Å²) in [5.74, 6) is 1.03. The molecule has 2 aromatic carbocycles. The van der Waals surface area contributed by atoms with Gasteiger partial charge in [-0.25, -0.2) is 0 Å². The lowest BCUT2D eigenvalue weighted by Gasteiger charge is -2.13. The van der Waals surface area contributed by atoms with E-state index in [4.69, 9.17) is 4.74 Å². The van der Waals surface area contributed by atoms with Gasteiger partial charge in [0.1, 0.15) is 11.9 Å². The Morgan fingerprint density at radius 2 is 2.05 bits per heavy atom. The van der Waals surface area contributed by atoms with Crippen molar-refractivity contribution in [3.63, 3.8) is 0 Å². The van der Waals surface area contributed by atoms with Gasteiger partial charge in [-0.3, -0.25) is 0 Å². The van der Waals surface area contributed by atoms with Gasteiger partial charge in [0, 0.05) is 16.6 Å². The van der Waals surface area contributed by atoms with Gasteiger partial charge in [-0.15, -0.1) is 0 Å². The van der Waals surface area contributed by atoms with Gasteiger partial charge in [-0.05, 0) is 43.2 Å². The zero-order valence-electron chi connectivity index (χ0n) is 11.7. The molecule has 0 bridgehead atoms. The molecule has 0 spiro atoms. The van der Waals surface area contributed by atoms with Crippen LogP contribution in [-0.4, -0.2) is 12.6 Å². The van der Waals surface area contributed by atoms with E-state index < -0.39 is 0 Å². The van der Waals surface area contributed by atoms with Crippen LogP contribution in [0, 0.1) is 13.8 Å². The van der Waals surface area contributed by atoms with Crippen LogP contribution in [0.4, 0.5) is 5.69 Å². The first kappa shape index (κ1) is 13.5. The molecule has 0 amide bonds. The summed E-state index contributed by atoms with van der Waals surface area (Å²) in [4.78, 5) is 0. The van der Waals surface area contributed by atoms with Crippen LogP contribution in [0.3, 0.4) is 0 Å². The molecule has 0 fully saturated rings. The lowest BCUT2D eigenvalue weighted by Crippen LogP contribution is -2.23. The third kappa shape index (κ3) is 2.83. The van der Waals surface area contributed by atoms with Gasteiger partial charge < -0.3 is 10.1 Å². The lowest BCUT2D eigenvalue weighted by molar-refractivity contribution is 0.246. The van der Waals surface area contributed by atoms with Crippen LogP contribution in [0.25, 0.3) is 0 Å². The summed E-state index contributed by atoms with van der Waals surface area (Å²) in [6.45, 7) is 5.03. The molecule has 0 saturated carbocycles. The number of anilines is 1. The van der Waals surface area contributed by atoms with Crippen LogP contribution in [0.5, 0.6) is 5.75 Å². The summed E-state index contributed by atoms with van der Waals surface area (Å²) in [7, 11) is 0. The molecule has 3 heteroatoms. The number of fused-ring (bicyclic) bond motifs is 1. The van der Waals surface area contributed by atoms with Crippen LogP contribution < -0.4 is 10.1 Å². The molecular formula is C17H18BrNO. The second kappa shape index (κ2) is 5.49. The number of ether oxygens (including phenoxy) is 1. The minimum atomic E-state index is 0.215. The first-order chi connectivity index (χ1) is 9.61. The van der Waals surface area contributed by atoms with E-state index in [2.05, 4.69) is 71.5 Å². The molecule has 1 aliphatic rings. The fourth-order valence-electron chi connectivity index (χ4n) is 2.50. The first-order valence-corrected chi connectivity index (χ1v) is 7.67. The number of hydrogen-bond acceptors (Lipinski definition) is 2. The van der Waals surface area contributed by atoms with Gasteiger partial charge in [-0.1, -0.05) is 39.7 Å². The second-order valence-electron chi connectivity index (χ2n) is 5.40. The number of benzene rings is 2. The van der Waals surface area contributed by atoms with Crippen molar-refractivity contribution in [3.8, 4) is 5.75 Å². The molecule has 1 atom stereocenters. The Balaban J connectivity index is 1.62. The van der Waals surface area contributed by atoms with E-state index in [0.29, 0.717) is 0 Å². The molecular weight excluding hydrogens is 314 g/mol. The van der Waals surface area contributed by atoms with E-state index in [1.54, 1.807) is 0 Å². The Morgan fingerprint density at radius 1 is 1.20 bits per heavy atom. The summed E-state index contributed by atoms with van der Waals surface area (Å²) in [6, 6.07) is 12.7. The molecule has 2 nitrogen and oxygen atoms in total. The van der Waals surface area contributed by atoms with Crippen molar-refractivity contribution in [2.24, 2.45) is 0 Å². The molecule has 0 aliphatic carbocycles. The van der Waals surface area contributed by atoms with Crippen molar-refractivity contribution < 1.29 is 4.74 Å². The minimum Gasteiger partial charge on any atom is -0.488 e. The topological polar surface area (TPSA) is 21.3 Å². The van der Waals surface area contributed by atoms with Gasteiger partial charge in [0.15, 0.2) is 0 Å². The third-order valence-electron chi connectivity index (χ3n) is 3.66. The van der Waals surface area contributed by atoms with Crippen molar-refractivity contribution >= 4 is 21.6 Å². The quantitative estimate of drug-likeness (QED) is 0.895. The fourth-order valence-corrected chi connectivity index (χ4v) is 2.88. The lowest BCUT2D eigenvalue weighted by atomic mass is 10.1. The number of rotatable bonds is 3. The Hall–Kier alpha value is -1.48. The maximum absolute atomic E-state index is 5.96. The average molecular weight is 332 g/mol. The van der Waals surface area contributed by atoms with Crippen molar-refractivity contribution in [2.75, 3.05) is 11.9 Å². The highest BCUT2D eigenvalue weighted by Gasteiger charge is 2.22. The SMILES string of the molecule is Cc1ccc2c(c1)CC(CNc1ccc(C)c(Br)c1)O2. The average Bonchev–Trinajstić information content (AvgIpc) is 2.82. The van der Waals surface area contributed by atoms with Gasteiger partial charge in [-0.2, -0.15) is 0 Å². The van der Waals surface area contributed by atoms with Crippen molar-refractivity contribution in [2.45, 2.75) is 26.4 Å². The molecule has 1 unspecified atom stereocenters. The summed E-state index contributed by atoms with van der Waals surface area (Å²) in [6.07, 6.45) is 1.20. The second-order valence-corrected chi connectivity index (χ2v) is 6.25. The molecule has 0 saturated heterocycles. The third-order valence-corrected chi connectivity index (χ3v) is 4.52. The largest absolute Gasteiger partial charge is 0.488 e. The van der Waals surface area contributed by atoms with E-state index >= 15 is 0 Å². The van der Waals surface area contributed by atoms with Gasteiger partial charge in [0.05, 0.1) is 6.54 Å². The molecule has 20 heavy (non-hydrogen) atoms. The van der Waals surface area contributed by atoms with Crippen LogP contribution in [-0.2, 0) is 6.42 Å². The number of nitrogens with one attached hydrogen (secondary N) is 1. The fraction of sp³-hybridized carbons (Fsp3) is 0.294. The molecule has 0 aromatic heterocycles. The van der Waals surface area contributed by atoms with Crippen molar-refractivity contribution in [3.05, 3.63) is 57.6 Å². The maximum atomic E-state index is 5.96. The van der Waals surface area contributed by atoms with Crippen LogP contribution in [0.15, 0.2) is 40.9 Å². The Labute approximate surface area is 128 Å². The summed E-state index contributed by atoms with van der Waals surface area (Å²) in [5, 5.41) is 3.45. The highest BCUT2D eigenvalue weighted by atomic mass is 79.9. The van der Waals surface area contributed by atoms with Crippen molar-refractivity contribution in [1.82, 2.24) is 0 Å². The Bertz CT molecular complexity index is 639. The van der Waals surface area contributed by atoms with Crippen LogP contribution in [0.1, 0.15) is 16.7 Å². The van der Waals surface area contributed by atoms with Gasteiger partial charge in [0.25, 0.3) is 0 Å². The molecule has 0 radical (unpaired) electrons. The normalized spacial score (nSPS) is 16.6. The van der Waals surface area contributed by atoms with E-state index in [9.17, 15) is 0 Å².